The molecular weight excluding hydrogens is 533 g/mol. The van der Waals surface area contributed by atoms with Gasteiger partial charge in [0.15, 0.2) is 9.84 Å². The van der Waals surface area contributed by atoms with Crippen LogP contribution >= 0.6 is 0 Å². The van der Waals surface area contributed by atoms with Gasteiger partial charge in [-0.25, -0.2) is 8.42 Å². The topological polar surface area (TPSA) is 95.9 Å². The fraction of sp³-hybridized carbons (Fsp3) is 0.321. The van der Waals surface area contributed by atoms with E-state index in [4.69, 9.17) is 4.74 Å². The van der Waals surface area contributed by atoms with Crippen molar-refractivity contribution in [2.45, 2.75) is 42.9 Å². The number of hydrogen-bond donors (Lipinski definition) is 2. The molecule has 1 saturated heterocycles. The largest absolute Gasteiger partial charge is 0.489 e. The molecule has 3 aromatic rings. The Kier molecular flexibility index (Phi) is 8.63. The van der Waals surface area contributed by atoms with Crippen LogP contribution in [0.3, 0.4) is 0 Å². The van der Waals surface area contributed by atoms with Gasteiger partial charge in [-0.2, -0.15) is 13.2 Å². The Bertz CT molecular complexity index is 1410. The number of hydrogen-bond acceptors (Lipinski definition) is 6. The summed E-state index contributed by atoms with van der Waals surface area (Å²) in [7, 11) is -3.72. The summed E-state index contributed by atoms with van der Waals surface area (Å²) in [6, 6.07) is 16.2. The van der Waals surface area contributed by atoms with Crippen molar-refractivity contribution in [3.63, 3.8) is 0 Å². The minimum absolute atomic E-state index is 0.0178. The average Bonchev–Trinajstić information content (AvgIpc) is 2.88. The van der Waals surface area contributed by atoms with E-state index in [0.717, 1.165) is 17.7 Å². The summed E-state index contributed by atoms with van der Waals surface area (Å²) in [6.07, 6.45) is -4.66. The van der Waals surface area contributed by atoms with Gasteiger partial charge < -0.3 is 15.2 Å². The number of piperazine rings is 1. The normalized spacial score (nSPS) is 16.7. The second kappa shape index (κ2) is 11.8. The number of rotatable bonds is 9. The van der Waals surface area contributed by atoms with Crippen molar-refractivity contribution in [2.24, 2.45) is 0 Å². The molecule has 1 atom stereocenters. The van der Waals surface area contributed by atoms with Crippen LogP contribution in [0.15, 0.2) is 71.6 Å². The number of ether oxygens (including phenoxy) is 1. The van der Waals surface area contributed by atoms with E-state index in [1.807, 2.05) is 11.8 Å². The number of aryl methyl sites for hydroxylation is 1. The highest BCUT2D eigenvalue weighted by molar-refractivity contribution is 7.92. The van der Waals surface area contributed by atoms with E-state index >= 15 is 0 Å². The molecule has 7 nitrogen and oxygen atoms in total. The average molecular weight is 563 g/mol. The van der Waals surface area contributed by atoms with Crippen LogP contribution in [0.5, 0.6) is 5.75 Å². The molecular formula is C28H29F3N2O5S. The molecule has 0 amide bonds. The Balaban J connectivity index is 1.59. The maximum Gasteiger partial charge on any atom is 0.416 e. The van der Waals surface area contributed by atoms with Crippen LogP contribution in [0.2, 0.25) is 0 Å². The van der Waals surface area contributed by atoms with Crippen molar-refractivity contribution in [2.75, 3.05) is 19.6 Å². The summed E-state index contributed by atoms with van der Waals surface area (Å²) >= 11 is 0. The first-order valence-electron chi connectivity index (χ1n) is 12.3. The lowest BCUT2D eigenvalue weighted by atomic mass is 10.1. The second-order valence-electron chi connectivity index (χ2n) is 9.48. The van der Waals surface area contributed by atoms with Gasteiger partial charge in [0, 0.05) is 31.7 Å². The fourth-order valence-corrected chi connectivity index (χ4v) is 6.18. The van der Waals surface area contributed by atoms with Gasteiger partial charge in [-0.1, -0.05) is 42.0 Å². The van der Waals surface area contributed by atoms with Gasteiger partial charge in [0.05, 0.1) is 16.9 Å². The summed E-state index contributed by atoms with van der Waals surface area (Å²) in [4.78, 5) is 13.3. The SMILES string of the molecule is Cc1ccc(S(=O)(=O)C2CNCCN2Cc2cc(CC(=O)O)ccc2OCc2ccc(C(F)(F)F)cc2)cc1. The van der Waals surface area contributed by atoms with E-state index < -0.39 is 32.9 Å². The first kappa shape index (κ1) is 28.6. The molecule has 11 heteroatoms. The highest BCUT2D eigenvalue weighted by Crippen LogP contribution is 2.30. The number of nitrogens with one attached hydrogen (secondary N) is 1. The number of nitrogens with zero attached hydrogens (tertiary/aromatic N) is 1. The number of sulfone groups is 1. The molecule has 0 saturated carbocycles. The molecule has 1 aliphatic heterocycles. The van der Waals surface area contributed by atoms with E-state index in [9.17, 15) is 31.5 Å². The zero-order chi connectivity index (χ0) is 28.2. The Labute approximate surface area is 225 Å². The van der Waals surface area contributed by atoms with Crippen molar-refractivity contribution in [3.05, 3.63) is 94.5 Å². The molecule has 0 radical (unpaired) electrons. The maximum absolute atomic E-state index is 13.5. The quantitative estimate of drug-likeness (QED) is 0.399. The maximum atomic E-state index is 13.5. The number of carboxylic acids is 1. The second-order valence-corrected chi connectivity index (χ2v) is 11.6. The number of halogens is 3. The van der Waals surface area contributed by atoms with E-state index in [1.54, 1.807) is 42.5 Å². The first-order valence-corrected chi connectivity index (χ1v) is 13.9. The van der Waals surface area contributed by atoms with Gasteiger partial charge in [-0.05, 0) is 48.4 Å². The van der Waals surface area contributed by atoms with E-state index in [2.05, 4.69) is 5.32 Å². The van der Waals surface area contributed by atoms with E-state index in [0.29, 0.717) is 35.5 Å². The van der Waals surface area contributed by atoms with Crippen LogP contribution in [-0.4, -0.2) is 49.4 Å². The third-order valence-corrected chi connectivity index (χ3v) is 8.65. The molecule has 1 heterocycles. The molecule has 4 rings (SSSR count). The number of alkyl halides is 3. The highest BCUT2D eigenvalue weighted by Gasteiger charge is 2.35. The molecule has 2 N–H and O–H groups in total. The zero-order valence-electron chi connectivity index (χ0n) is 21.2. The Morgan fingerprint density at radius 1 is 1.05 bits per heavy atom. The van der Waals surface area contributed by atoms with Gasteiger partial charge in [-0.3, -0.25) is 9.69 Å². The van der Waals surface area contributed by atoms with Crippen LogP contribution in [0.4, 0.5) is 13.2 Å². The van der Waals surface area contributed by atoms with Crippen LogP contribution < -0.4 is 10.1 Å². The molecule has 0 bridgehead atoms. The van der Waals surface area contributed by atoms with E-state index in [1.165, 1.54) is 12.1 Å². The highest BCUT2D eigenvalue weighted by atomic mass is 32.2. The predicted octanol–water partition coefficient (Wildman–Crippen LogP) is 4.43. The van der Waals surface area contributed by atoms with E-state index in [-0.39, 0.29) is 31.0 Å². The summed E-state index contributed by atoms with van der Waals surface area (Å²) in [6.45, 7) is 3.24. The zero-order valence-corrected chi connectivity index (χ0v) is 22.1. The molecule has 0 spiro atoms. The Morgan fingerprint density at radius 3 is 2.36 bits per heavy atom. The lowest BCUT2D eigenvalue weighted by molar-refractivity contribution is -0.138. The van der Waals surface area contributed by atoms with Crippen molar-refractivity contribution in [1.29, 1.82) is 0 Å². The Hall–Kier alpha value is -3.41. The van der Waals surface area contributed by atoms with Gasteiger partial charge >= 0.3 is 12.1 Å². The predicted molar refractivity (Wildman–Crippen MR) is 139 cm³/mol. The molecule has 0 aromatic heterocycles. The summed E-state index contributed by atoms with van der Waals surface area (Å²) in [5, 5.41) is 11.5. The van der Waals surface area contributed by atoms with Gasteiger partial charge in [0.2, 0.25) is 0 Å². The third-order valence-electron chi connectivity index (χ3n) is 6.54. The molecule has 1 unspecified atom stereocenters. The van der Waals surface area contributed by atoms with Gasteiger partial charge in [0.1, 0.15) is 17.7 Å². The van der Waals surface area contributed by atoms with Gasteiger partial charge in [0.25, 0.3) is 0 Å². The minimum atomic E-state index is -4.44. The molecule has 39 heavy (non-hydrogen) atoms. The smallest absolute Gasteiger partial charge is 0.416 e. The molecule has 3 aromatic carbocycles. The van der Waals surface area contributed by atoms with Crippen molar-refractivity contribution < 1.29 is 36.2 Å². The van der Waals surface area contributed by atoms with Crippen molar-refractivity contribution in [3.8, 4) is 5.75 Å². The standard InChI is InChI=1S/C28H29F3N2O5S/c1-19-2-9-24(10-3-19)39(36,37)26-16-32-12-13-33(26)17-22-14-21(15-27(34)35)6-11-25(22)38-18-20-4-7-23(8-5-20)28(29,30)31/h2-11,14,26,32H,12-13,15-18H2,1H3,(H,34,35). The molecule has 1 aliphatic rings. The summed E-state index contributed by atoms with van der Waals surface area (Å²) < 4.78 is 71.7. The van der Waals surface area contributed by atoms with Crippen LogP contribution in [-0.2, 0) is 40.4 Å². The Morgan fingerprint density at radius 2 is 1.72 bits per heavy atom. The number of carboxylic acid groups (broad SMARTS) is 1. The third kappa shape index (κ3) is 7.17. The molecule has 0 aliphatic carbocycles. The van der Waals surface area contributed by atoms with Crippen molar-refractivity contribution >= 4 is 15.8 Å². The van der Waals surface area contributed by atoms with Crippen LogP contribution in [0, 0.1) is 6.92 Å². The summed E-state index contributed by atoms with van der Waals surface area (Å²) in [5.74, 6) is -0.615. The number of benzene rings is 3. The minimum Gasteiger partial charge on any atom is -0.489 e. The van der Waals surface area contributed by atoms with Crippen LogP contribution in [0.1, 0.15) is 27.8 Å². The number of carbonyl (C=O) groups is 1. The molecule has 1 fully saturated rings. The van der Waals surface area contributed by atoms with Gasteiger partial charge in [-0.15, -0.1) is 0 Å². The van der Waals surface area contributed by atoms with Crippen LogP contribution in [0.25, 0.3) is 0 Å². The lowest BCUT2D eigenvalue weighted by Crippen LogP contribution is -2.54. The monoisotopic (exact) mass is 562 g/mol. The van der Waals surface area contributed by atoms with Crippen molar-refractivity contribution in [1.82, 2.24) is 10.2 Å². The fourth-order valence-electron chi connectivity index (χ4n) is 4.44. The summed E-state index contributed by atoms with van der Waals surface area (Å²) in [5.41, 5.74) is 1.81. The lowest BCUT2D eigenvalue weighted by Gasteiger charge is -2.36. The first-order chi connectivity index (χ1) is 18.4. The molecule has 208 valence electrons. The number of aliphatic carboxylic acids is 1.